The third kappa shape index (κ3) is 1.81. The lowest BCUT2D eigenvalue weighted by molar-refractivity contribution is -0.192. The van der Waals surface area contributed by atoms with Crippen LogP contribution < -0.4 is 4.90 Å². The smallest absolute Gasteiger partial charge is 0.273 e. The number of nitrogens with zero attached hydrogens (tertiary/aromatic N) is 2. The van der Waals surface area contributed by atoms with E-state index in [9.17, 15) is 9.59 Å². The average molecular weight is 350 g/mol. The van der Waals surface area contributed by atoms with Crippen LogP contribution in [0.3, 0.4) is 0 Å². The van der Waals surface area contributed by atoms with Gasteiger partial charge in [-0.1, -0.05) is 60.3 Å². The average Bonchev–Trinajstić information content (AvgIpc) is 3.08. The number of benzene rings is 2. The van der Waals surface area contributed by atoms with Crippen molar-refractivity contribution in [3.63, 3.8) is 0 Å². The molecule has 3 aliphatic rings. The molecule has 25 heavy (non-hydrogen) atoms. The van der Waals surface area contributed by atoms with Crippen molar-refractivity contribution in [2.45, 2.75) is 24.0 Å². The van der Waals surface area contributed by atoms with E-state index in [-0.39, 0.29) is 23.3 Å². The van der Waals surface area contributed by atoms with Gasteiger partial charge in [0.2, 0.25) is 11.5 Å². The maximum absolute atomic E-state index is 13.1. The number of ether oxygens (including phenoxy) is 1. The number of thioether (sulfide) groups is 1. The standard InChI is InChI=1S/C19H14N2O3S/c1-11(22)21-14-10-6-5-9-13(14)19(18(21)23)15-17(24-19)25-16(20-15)12-7-3-2-4-8-12/h2-10,15,17H,1H3/t15-,17+,19+/m1/s1. The van der Waals surface area contributed by atoms with E-state index in [4.69, 9.17) is 9.73 Å². The first-order chi connectivity index (χ1) is 12.1. The van der Waals surface area contributed by atoms with Crippen molar-refractivity contribution >= 4 is 34.3 Å². The SMILES string of the molecule is CC(=O)N1C(=O)[C@]2(O[C@H]3SC(c4ccccc4)=N[C@H]32)c2ccccc21. The largest absolute Gasteiger partial charge is 0.341 e. The zero-order valence-corrected chi connectivity index (χ0v) is 14.2. The van der Waals surface area contributed by atoms with Gasteiger partial charge in [0.05, 0.1) is 5.69 Å². The number of hydrogen-bond acceptors (Lipinski definition) is 5. The van der Waals surface area contributed by atoms with Gasteiger partial charge in [0.1, 0.15) is 16.5 Å². The summed E-state index contributed by atoms with van der Waals surface area (Å²) in [6, 6.07) is 16.9. The van der Waals surface area contributed by atoms with E-state index in [0.29, 0.717) is 5.69 Å². The van der Waals surface area contributed by atoms with E-state index < -0.39 is 5.60 Å². The first kappa shape index (κ1) is 14.9. The van der Waals surface area contributed by atoms with Crippen LogP contribution in [0.2, 0.25) is 0 Å². The molecule has 0 bridgehead atoms. The molecule has 3 heterocycles. The van der Waals surface area contributed by atoms with Gasteiger partial charge in [-0.05, 0) is 6.07 Å². The van der Waals surface area contributed by atoms with Crippen molar-refractivity contribution in [3.05, 3.63) is 65.7 Å². The lowest BCUT2D eigenvalue weighted by Gasteiger charge is -2.45. The van der Waals surface area contributed by atoms with Gasteiger partial charge in [0.15, 0.2) is 0 Å². The quantitative estimate of drug-likeness (QED) is 0.793. The van der Waals surface area contributed by atoms with Gasteiger partial charge < -0.3 is 4.74 Å². The molecule has 6 heteroatoms. The molecule has 124 valence electrons. The van der Waals surface area contributed by atoms with Crippen molar-refractivity contribution in [1.82, 2.24) is 0 Å². The van der Waals surface area contributed by atoms with E-state index in [0.717, 1.165) is 16.2 Å². The Labute approximate surface area is 148 Å². The van der Waals surface area contributed by atoms with Gasteiger partial charge >= 0.3 is 0 Å². The van der Waals surface area contributed by atoms with E-state index >= 15 is 0 Å². The molecule has 2 aromatic rings. The van der Waals surface area contributed by atoms with Crippen LogP contribution >= 0.6 is 11.8 Å². The molecule has 0 aromatic heterocycles. The first-order valence-electron chi connectivity index (χ1n) is 8.05. The Balaban J connectivity index is 1.61. The fourth-order valence-corrected chi connectivity index (χ4v) is 5.00. The summed E-state index contributed by atoms with van der Waals surface area (Å²) in [6.07, 6.45) is 0. The summed E-state index contributed by atoms with van der Waals surface area (Å²) in [5.74, 6) is -0.639. The second-order valence-corrected chi connectivity index (χ2v) is 7.35. The van der Waals surface area contributed by atoms with Gasteiger partial charge in [-0.25, -0.2) is 4.90 Å². The third-order valence-electron chi connectivity index (χ3n) is 4.86. The van der Waals surface area contributed by atoms with Gasteiger partial charge in [-0.15, -0.1) is 0 Å². The molecule has 5 nitrogen and oxygen atoms in total. The topological polar surface area (TPSA) is 59.0 Å². The predicted molar refractivity (Wildman–Crippen MR) is 95.5 cm³/mol. The minimum Gasteiger partial charge on any atom is -0.341 e. The van der Waals surface area contributed by atoms with E-state index in [1.54, 1.807) is 6.07 Å². The molecular formula is C19H14N2O3S. The van der Waals surface area contributed by atoms with Crippen molar-refractivity contribution in [2.75, 3.05) is 4.90 Å². The van der Waals surface area contributed by atoms with E-state index in [2.05, 4.69) is 0 Å². The van der Waals surface area contributed by atoms with Crippen molar-refractivity contribution in [3.8, 4) is 0 Å². The molecule has 0 unspecified atom stereocenters. The summed E-state index contributed by atoms with van der Waals surface area (Å²) in [4.78, 5) is 31.1. The highest BCUT2D eigenvalue weighted by molar-refractivity contribution is 8.15. The maximum atomic E-state index is 13.1. The highest BCUT2D eigenvalue weighted by atomic mass is 32.2. The minimum atomic E-state index is -1.17. The summed E-state index contributed by atoms with van der Waals surface area (Å²) in [6.45, 7) is 1.39. The fourth-order valence-electron chi connectivity index (χ4n) is 3.75. The Kier molecular flexibility index (Phi) is 2.99. The first-order valence-corrected chi connectivity index (χ1v) is 8.93. The normalized spacial score (nSPS) is 29.2. The molecule has 3 aliphatic heterocycles. The summed E-state index contributed by atoms with van der Waals surface area (Å²) in [5, 5.41) is 0.874. The molecule has 2 aromatic carbocycles. The van der Waals surface area contributed by atoms with Crippen molar-refractivity contribution in [1.29, 1.82) is 0 Å². The molecule has 0 aliphatic carbocycles. The maximum Gasteiger partial charge on any atom is 0.273 e. The molecule has 3 atom stereocenters. The van der Waals surface area contributed by atoms with Crippen LogP contribution in [0.1, 0.15) is 18.1 Å². The Morgan fingerprint density at radius 1 is 1.16 bits per heavy atom. The van der Waals surface area contributed by atoms with Gasteiger partial charge in [-0.2, -0.15) is 0 Å². The van der Waals surface area contributed by atoms with Crippen LogP contribution in [0.25, 0.3) is 0 Å². The number of fused-ring (bicyclic) bond motifs is 4. The third-order valence-corrected chi connectivity index (χ3v) is 6.01. The molecule has 0 N–H and O–H groups in total. The Morgan fingerprint density at radius 3 is 2.64 bits per heavy atom. The second-order valence-electron chi connectivity index (χ2n) is 6.26. The fraction of sp³-hybridized carbons (Fsp3) is 0.211. The zero-order valence-electron chi connectivity index (χ0n) is 13.4. The van der Waals surface area contributed by atoms with Crippen LogP contribution in [-0.4, -0.2) is 28.3 Å². The number of imide groups is 1. The number of amides is 2. The monoisotopic (exact) mass is 350 g/mol. The lowest BCUT2D eigenvalue weighted by Crippen LogP contribution is -2.63. The van der Waals surface area contributed by atoms with Crippen molar-refractivity contribution in [2.24, 2.45) is 4.99 Å². The summed E-state index contributed by atoms with van der Waals surface area (Å²) in [7, 11) is 0. The van der Waals surface area contributed by atoms with Crippen LogP contribution in [0, 0.1) is 0 Å². The van der Waals surface area contributed by atoms with Crippen LogP contribution in [0.5, 0.6) is 0 Å². The highest BCUT2D eigenvalue weighted by Gasteiger charge is 2.70. The van der Waals surface area contributed by atoms with Crippen LogP contribution in [-0.2, 0) is 19.9 Å². The molecular weight excluding hydrogens is 336 g/mol. The molecule has 2 amide bonds. The molecule has 1 fully saturated rings. The molecule has 1 spiro atoms. The van der Waals surface area contributed by atoms with E-state index in [1.165, 1.54) is 23.6 Å². The van der Waals surface area contributed by atoms with Gasteiger partial charge in [-0.3, -0.25) is 14.6 Å². The molecule has 0 saturated carbocycles. The Bertz CT molecular complexity index is 943. The van der Waals surface area contributed by atoms with Crippen LogP contribution in [0.15, 0.2) is 59.6 Å². The Morgan fingerprint density at radius 2 is 1.88 bits per heavy atom. The summed E-state index contributed by atoms with van der Waals surface area (Å²) >= 11 is 1.53. The number of carbonyl (C=O) groups excluding carboxylic acids is 2. The number of rotatable bonds is 1. The van der Waals surface area contributed by atoms with Crippen molar-refractivity contribution < 1.29 is 14.3 Å². The molecule has 1 saturated heterocycles. The molecule has 5 rings (SSSR count). The summed E-state index contributed by atoms with van der Waals surface area (Å²) in [5.41, 5.74) is 0.986. The van der Waals surface area contributed by atoms with Crippen LogP contribution in [0.4, 0.5) is 5.69 Å². The minimum absolute atomic E-state index is 0.195. The highest BCUT2D eigenvalue weighted by Crippen LogP contribution is 2.58. The lowest BCUT2D eigenvalue weighted by atomic mass is 9.83. The second kappa shape index (κ2) is 5.03. The Hall–Kier alpha value is -2.44. The molecule has 0 radical (unpaired) electrons. The van der Waals surface area contributed by atoms with Gasteiger partial charge in [0.25, 0.3) is 5.91 Å². The summed E-state index contributed by atoms with van der Waals surface area (Å²) < 4.78 is 6.09. The number of para-hydroxylation sites is 1. The number of hydrogen-bond donors (Lipinski definition) is 0. The number of carbonyl (C=O) groups is 2. The number of anilines is 1. The number of aliphatic imine (C=N–C) groups is 1. The zero-order chi connectivity index (χ0) is 17.2. The van der Waals surface area contributed by atoms with E-state index in [1.807, 2.05) is 48.5 Å². The van der Waals surface area contributed by atoms with Gasteiger partial charge in [0, 0.05) is 18.1 Å². The predicted octanol–water partition coefficient (Wildman–Crippen LogP) is 2.69.